The minimum Gasteiger partial charge on any atom is -0.391 e. The molecule has 0 aliphatic heterocycles. The third kappa shape index (κ3) is 2.88. The monoisotopic (exact) mass is 186 g/mol. The average Bonchev–Trinajstić information content (AvgIpc) is 2.08. The predicted octanol–water partition coefficient (Wildman–Crippen LogP) is 0.561. The van der Waals surface area contributed by atoms with Crippen LogP contribution in [-0.2, 0) is 0 Å². The molecule has 0 bridgehead atoms. The predicted molar refractivity (Wildman–Crippen MR) is 50.5 cm³/mol. The summed E-state index contributed by atoms with van der Waals surface area (Å²) in [7, 11) is 3.40. The number of hydrogen-bond donors (Lipinski definition) is 2. The molecule has 0 spiro atoms. The fraction of sp³-hybridized carbons (Fsp3) is 0.889. The van der Waals surface area contributed by atoms with E-state index in [0.29, 0.717) is 0 Å². The fourth-order valence-electron chi connectivity index (χ4n) is 1.57. The van der Waals surface area contributed by atoms with Crippen molar-refractivity contribution in [3.8, 4) is 0 Å². The third-order valence-electron chi connectivity index (χ3n) is 2.44. The van der Waals surface area contributed by atoms with Gasteiger partial charge in [0.05, 0.1) is 12.1 Å². The molecule has 4 nitrogen and oxygen atoms in total. The Morgan fingerprint density at radius 3 is 2.54 bits per heavy atom. The lowest BCUT2D eigenvalue weighted by Gasteiger charge is -2.29. The molecule has 2 atom stereocenters. The number of carbonyl (C=O) groups is 1. The average molecular weight is 186 g/mol. The summed E-state index contributed by atoms with van der Waals surface area (Å²) in [5.41, 5.74) is 0. The molecule has 0 aromatic heterocycles. The zero-order valence-electron chi connectivity index (χ0n) is 8.29. The van der Waals surface area contributed by atoms with Crippen molar-refractivity contribution in [3.63, 3.8) is 0 Å². The topological polar surface area (TPSA) is 52.6 Å². The van der Waals surface area contributed by atoms with Crippen LogP contribution in [0.2, 0.25) is 0 Å². The summed E-state index contributed by atoms with van der Waals surface area (Å²) in [5, 5.41) is 12.4. The van der Waals surface area contributed by atoms with Crippen LogP contribution in [0.3, 0.4) is 0 Å². The highest BCUT2D eigenvalue weighted by atomic mass is 16.3. The van der Waals surface area contributed by atoms with Gasteiger partial charge in [-0.1, -0.05) is 12.8 Å². The maximum absolute atomic E-state index is 11.3. The minimum absolute atomic E-state index is 0.0522. The molecule has 0 radical (unpaired) electrons. The van der Waals surface area contributed by atoms with Gasteiger partial charge < -0.3 is 15.3 Å². The minimum atomic E-state index is -0.363. The largest absolute Gasteiger partial charge is 0.391 e. The number of amides is 2. The molecule has 1 aliphatic rings. The maximum atomic E-state index is 11.3. The summed E-state index contributed by atoms with van der Waals surface area (Å²) in [4.78, 5) is 12.7. The van der Waals surface area contributed by atoms with Gasteiger partial charge in [-0.05, 0) is 12.8 Å². The number of nitrogens with zero attached hydrogens (tertiary/aromatic N) is 1. The number of aliphatic hydroxyl groups excluding tert-OH is 1. The van der Waals surface area contributed by atoms with E-state index in [1.54, 1.807) is 14.1 Å². The Hall–Kier alpha value is -0.770. The second kappa shape index (κ2) is 4.46. The molecule has 1 fully saturated rings. The number of carbonyl (C=O) groups excluding carboxylic acids is 1. The molecule has 1 aliphatic carbocycles. The zero-order valence-corrected chi connectivity index (χ0v) is 8.29. The van der Waals surface area contributed by atoms with E-state index in [2.05, 4.69) is 5.32 Å². The van der Waals surface area contributed by atoms with Gasteiger partial charge in [0.15, 0.2) is 0 Å². The SMILES string of the molecule is CN(C)C(=O)NC1CCCCC1O. The third-order valence-corrected chi connectivity index (χ3v) is 2.44. The van der Waals surface area contributed by atoms with Crippen molar-refractivity contribution in [2.45, 2.75) is 37.8 Å². The highest BCUT2D eigenvalue weighted by Gasteiger charge is 2.24. The van der Waals surface area contributed by atoms with Crippen LogP contribution in [0, 0.1) is 0 Å². The zero-order chi connectivity index (χ0) is 9.84. The van der Waals surface area contributed by atoms with Gasteiger partial charge in [0.1, 0.15) is 0 Å². The summed E-state index contributed by atoms with van der Waals surface area (Å²) in [6, 6.07) is -0.172. The Morgan fingerprint density at radius 2 is 2.00 bits per heavy atom. The Morgan fingerprint density at radius 1 is 1.38 bits per heavy atom. The van der Waals surface area contributed by atoms with Crippen molar-refractivity contribution >= 4 is 6.03 Å². The smallest absolute Gasteiger partial charge is 0.317 e. The van der Waals surface area contributed by atoms with Crippen LogP contribution in [0.25, 0.3) is 0 Å². The lowest BCUT2D eigenvalue weighted by atomic mass is 9.93. The molecule has 76 valence electrons. The Kier molecular flexibility index (Phi) is 3.54. The first-order valence-corrected chi connectivity index (χ1v) is 4.77. The van der Waals surface area contributed by atoms with Gasteiger partial charge in [-0.2, -0.15) is 0 Å². The molecule has 1 saturated carbocycles. The molecule has 13 heavy (non-hydrogen) atoms. The number of nitrogens with one attached hydrogen (secondary N) is 1. The van der Waals surface area contributed by atoms with E-state index >= 15 is 0 Å². The van der Waals surface area contributed by atoms with E-state index < -0.39 is 0 Å². The summed E-state index contributed by atoms with van der Waals surface area (Å²) < 4.78 is 0. The number of rotatable bonds is 1. The van der Waals surface area contributed by atoms with Crippen molar-refractivity contribution in [3.05, 3.63) is 0 Å². The fourth-order valence-corrected chi connectivity index (χ4v) is 1.57. The lowest BCUT2D eigenvalue weighted by Crippen LogP contribution is -2.48. The van der Waals surface area contributed by atoms with Crippen molar-refractivity contribution in [2.75, 3.05) is 14.1 Å². The van der Waals surface area contributed by atoms with E-state index in [9.17, 15) is 9.90 Å². The van der Waals surface area contributed by atoms with Crippen LogP contribution in [0.5, 0.6) is 0 Å². The van der Waals surface area contributed by atoms with Crippen LogP contribution in [0.15, 0.2) is 0 Å². The van der Waals surface area contributed by atoms with Crippen LogP contribution in [0.1, 0.15) is 25.7 Å². The highest BCUT2D eigenvalue weighted by Crippen LogP contribution is 2.18. The van der Waals surface area contributed by atoms with Crippen molar-refractivity contribution in [1.82, 2.24) is 10.2 Å². The molecule has 0 saturated heterocycles. The highest BCUT2D eigenvalue weighted by molar-refractivity contribution is 5.73. The number of urea groups is 1. The van der Waals surface area contributed by atoms with Gasteiger partial charge in [-0.25, -0.2) is 4.79 Å². The van der Waals surface area contributed by atoms with Crippen molar-refractivity contribution in [2.24, 2.45) is 0 Å². The summed E-state index contributed by atoms with van der Waals surface area (Å²) in [5.74, 6) is 0. The first-order chi connectivity index (χ1) is 6.11. The quantitative estimate of drug-likeness (QED) is 0.628. The van der Waals surface area contributed by atoms with Gasteiger partial charge in [0, 0.05) is 14.1 Å². The van der Waals surface area contributed by atoms with E-state index in [0.717, 1.165) is 25.7 Å². The van der Waals surface area contributed by atoms with Crippen molar-refractivity contribution < 1.29 is 9.90 Å². The van der Waals surface area contributed by atoms with Gasteiger partial charge in [0.2, 0.25) is 0 Å². The molecule has 1 rings (SSSR count). The van der Waals surface area contributed by atoms with Gasteiger partial charge in [0.25, 0.3) is 0 Å². The van der Waals surface area contributed by atoms with Crippen LogP contribution in [0.4, 0.5) is 4.79 Å². The molecule has 2 unspecified atom stereocenters. The standard InChI is InChI=1S/C9H18N2O2/c1-11(2)9(13)10-7-5-3-4-6-8(7)12/h7-8,12H,3-6H2,1-2H3,(H,10,13). The lowest BCUT2D eigenvalue weighted by molar-refractivity contribution is 0.0917. The van der Waals surface area contributed by atoms with Gasteiger partial charge >= 0.3 is 6.03 Å². The molecular formula is C9H18N2O2. The molecule has 0 aromatic rings. The van der Waals surface area contributed by atoms with Crippen LogP contribution < -0.4 is 5.32 Å². The summed E-state index contributed by atoms with van der Waals surface area (Å²) in [6.07, 6.45) is 3.49. The first kappa shape index (κ1) is 10.3. The van der Waals surface area contributed by atoms with Crippen LogP contribution in [-0.4, -0.2) is 42.3 Å². The Bertz CT molecular complexity index is 182. The first-order valence-electron chi connectivity index (χ1n) is 4.77. The molecule has 2 N–H and O–H groups in total. The second-order valence-electron chi connectivity index (χ2n) is 3.80. The molecular weight excluding hydrogens is 168 g/mol. The van der Waals surface area contributed by atoms with E-state index in [-0.39, 0.29) is 18.2 Å². The van der Waals surface area contributed by atoms with Crippen molar-refractivity contribution in [1.29, 1.82) is 0 Å². The van der Waals surface area contributed by atoms with E-state index in [1.807, 2.05) is 0 Å². The Labute approximate surface area is 78.9 Å². The van der Waals surface area contributed by atoms with Gasteiger partial charge in [-0.15, -0.1) is 0 Å². The Balaban J connectivity index is 2.38. The number of aliphatic hydroxyl groups is 1. The van der Waals surface area contributed by atoms with Crippen LogP contribution >= 0.6 is 0 Å². The summed E-state index contributed by atoms with van der Waals surface area (Å²) >= 11 is 0. The molecule has 4 heteroatoms. The van der Waals surface area contributed by atoms with E-state index in [1.165, 1.54) is 4.90 Å². The van der Waals surface area contributed by atoms with E-state index in [4.69, 9.17) is 0 Å². The van der Waals surface area contributed by atoms with Gasteiger partial charge in [-0.3, -0.25) is 0 Å². The maximum Gasteiger partial charge on any atom is 0.317 e. The summed E-state index contributed by atoms with van der Waals surface area (Å²) in [6.45, 7) is 0. The molecule has 2 amide bonds. The second-order valence-corrected chi connectivity index (χ2v) is 3.80. The molecule has 0 heterocycles. The number of hydrogen-bond acceptors (Lipinski definition) is 2. The normalized spacial score (nSPS) is 28.2. The molecule has 0 aromatic carbocycles.